The zero-order chi connectivity index (χ0) is 22.2. The molecule has 1 N–H and O–H groups in total. The summed E-state index contributed by atoms with van der Waals surface area (Å²) >= 11 is 16.0. The van der Waals surface area contributed by atoms with Crippen molar-refractivity contribution >= 4 is 58.4 Å². The SMILES string of the molecule is OC1(c2ccc(Cl)cc2)/C(=C/c2ccc(Cl)cc2)C(c2ccccc2)=CC12SCCCS2. The van der Waals surface area contributed by atoms with Gasteiger partial charge in [0.2, 0.25) is 0 Å². The summed E-state index contributed by atoms with van der Waals surface area (Å²) in [5, 5.41) is 14.1. The Morgan fingerprint density at radius 2 is 1.38 bits per heavy atom. The van der Waals surface area contributed by atoms with Gasteiger partial charge >= 0.3 is 0 Å². The molecule has 1 nitrogen and oxygen atoms in total. The third-order valence-electron chi connectivity index (χ3n) is 5.97. The minimum atomic E-state index is -1.21. The molecule has 1 atom stereocenters. The van der Waals surface area contributed by atoms with Gasteiger partial charge < -0.3 is 5.11 Å². The molecule has 0 saturated carbocycles. The topological polar surface area (TPSA) is 20.2 Å². The Labute approximate surface area is 207 Å². The summed E-state index contributed by atoms with van der Waals surface area (Å²) in [5.74, 6) is 2.02. The molecule has 3 aromatic carbocycles. The molecule has 5 heteroatoms. The quantitative estimate of drug-likeness (QED) is 0.397. The first-order chi connectivity index (χ1) is 15.5. The van der Waals surface area contributed by atoms with E-state index in [2.05, 4.69) is 24.3 Å². The number of hydrogen-bond donors (Lipinski definition) is 1. The van der Waals surface area contributed by atoms with Crippen molar-refractivity contribution in [3.8, 4) is 0 Å². The maximum Gasteiger partial charge on any atom is 0.143 e. The molecule has 5 rings (SSSR count). The lowest BCUT2D eigenvalue weighted by Crippen LogP contribution is -2.45. The van der Waals surface area contributed by atoms with Gasteiger partial charge in [0, 0.05) is 10.0 Å². The van der Waals surface area contributed by atoms with Crippen molar-refractivity contribution < 1.29 is 5.11 Å². The van der Waals surface area contributed by atoms with E-state index < -0.39 is 9.68 Å². The third kappa shape index (κ3) is 3.85. The van der Waals surface area contributed by atoms with Gasteiger partial charge in [-0.25, -0.2) is 0 Å². The highest BCUT2D eigenvalue weighted by atomic mass is 35.5. The standard InChI is InChI=1S/C27H22Cl2OS2/c28-22-11-7-19(8-12-22)17-25-24(20-5-2-1-3-6-20)18-26(31-15-4-16-32-26)27(25,30)21-9-13-23(29)14-10-21/h1-3,5-14,17-18,30H,4,15-16H2/b25-17+. The Balaban J connectivity index is 1.77. The predicted octanol–water partition coefficient (Wildman–Crippen LogP) is 7.93. The number of hydrogen-bond acceptors (Lipinski definition) is 3. The number of benzene rings is 3. The molecule has 1 heterocycles. The second-order valence-electron chi connectivity index (χ2n) is 7.97. The highest BCUT2D eigenvalue weighted by molar-refractivity contribution is 8.19. The molecule has 3 aromatic rings. The Bertz CT molecular complexity index is 1160. The van der Waals surface area contributed by atoms with Crippen LogP contribution in [0.3, 0.4) is 0 Å². The van der Waals surface area contributed by atoms with Crippen molar-refractivity contribution in [1.82, 2.24) is 0 Å². The highest BCUT2D eigenvalue weighted by Gasteiger charge is 2.59. The summed E-state index contributed by atoms with van der Waals surface area (Å²) in [7, 11) is 0. The minimum absolute atomic E-state index is 0.511. The van der Waals surface area contributed by atoms with E-state index in [1.165, 1.54) is 0 Å². The molecular formula is C27H22Cl2OS2. The zero-order valence-electron chi connectivity index (χ0n) is 17.3. The second kappa shape index (κ2) is 8.96. The van der Waals surface area contributed by atoms with E-state index in [4.69, 9.17) is 23.2 Å². The Morgan fingerprint density at radius 1 is 0.781 bits per heavy atom. The lowest BCUT2D eigenvalue weighted by atomic mass is 9.82. The number of aliphatic hydroxyl groups is 1. The summed E-state index contributed by atoms with van der Waals surface area (Å²) in [5.41, 5.74) is 3.71. The summed E-state index contributed by atoms with van der Waals surface area (Å²) in [6.07, 6.45) is 5.53. The molecule has 1 fully saturated rings. The van der Waals surface area contributed by atoms with Gasteiger partial charge in [0.25, 0.3) is 0 Å². The van der Waals surface area contributed by atoms with E-state index in [1.807, 2.05) is 90.3 Å². The molecular weight excluding hydrogens is 475 g/mol. The normalized spacial score (nSPS) is 23.5. The maximum absolute atomic E-state index is 12.7. The molecule has 1 unspecified atom stereocenters. The van der Waals surface area contributed by atoms with Crippen LogP contribution >= 0.6 is 46.7 Å². The largest absolute Gasteiger partial charge is 0.378 e. The van der Waals surface area contributed by atoms with Crippen LogP contribution in [0.25, 0.3) is 11.6 Å². The van der Waals surface area contributed by atoms with E-state index in [1.54, 1.807) is 0 Å². The van der Waals surface area contributed by atoms with Crippen molar-refractivity contribution in [2.24, 2.45) is 0 Å². The number of rotatable bonds is 3. The Hall–Kier alpha value is -1.62. The van der Waals surface area contributed by atoms with Crippen molar-refractivity contribution in [3.05, 3.63) is 117 Å². The molecule has 162 valence electrons. The molecule has 0 bridgehead atoms. The molecule has 0 amide bonds. The molecule has 0 radical (unpaired) electrons. The average Bonchev–Trinajstić information content (AvgIpc) is 3.05. The van der Waals surface area contributed by atoms with Crippen LogP contribution in [-0.2, 0) is 5.60 Å². The van der Waals surface area contributed by atoms with E-state index in [0.717, 1.165) is 45.8 Å². The average molecular weight is 498 g/mol. The molecule has 1 aliphatic carbocycles. The smallest absolute Gasteiger partial charge is 0.143 e. The van der Waals surface area contributed by atoms with E-state index in [-0.39, 0.29) is 0 Å². The van der Waals surface area contributed by atoms with Crippen molar-refractivity contribution in [1.29, 1.82) is 0 Å². The van der Waals surface area contributed by atoms with E-state index >= 15 is 0 Å². The Kier molecular flexibility index (Phi) is 6.21. The summed E-state index contributed by atoms with van der Waals surface area (Å²) in [4.78, 5) is 0. The van der Waals surface area contributed by atoms with Gasteiger partial charge in [0.05, 0.1) is 0 Å². The van der Waals surface area contributed by atoms with Gasteiger partial charge in [-0.1, -0.05) is 77.8 Å². The molecule has 32 heavy (non-hydrogen) atoms. The first kappa shape index (κ1) is 22.2. The molecule has 2 aliphatic rings. The first-order valence-electron chi connectivity index (χ1n) is 10.5. The Morgan fingerprint density at radius 3 is 2.00 bits per heavy atom. The zero-order valence-corrected chi connectivity index (χ0v) is 20.4. The van der Waals surface area contributed by atoms with Crippen LogP contribution in [0.1, 0.15) is 23.1 Å². The summed E-state index contributed by atoms with van der Waals surface area (Å²) < 4.78 is -0.511. The fraction of sp³-hybridized carbons (Fsp3) is 0.185. The fourth-order valence-corrected chi connectivity index (χ4v) is 8.14. The van der Waals surface area contributed by atoms with Crippen LogP contribution in [0.2, 0.25) is 10.0 Å². The van der Waals surface area contributed by atoms with E-state index in [9.17, 15) is 5.11 Å². The summed E-state index contributed by atoms with van der Waals surface area (Å²) in [6.45, 7) is 0. The van der Waals surface area contributed by atoms with Crippen LogP contribution < -0.4 is 0 Å². The molecule has 1 aliphatic heterocycles. The second-order valence-corrected chi connectivity index (χ2v) is 11.8. The van der Waals surface area contributed by atoms with Crippen LogP contribution in [0.5, 0.6) is 0 Å². The third-order valence-corrected chi connectivity index (χ3v) is 9.85. The number of halogens is 2. The molecule has 0 aromatic heterocycles. The van der Waals surface area contributed by atoms with Crippen molar-refractivity contribution in [3.63, 3.8) is 0 Å². The molecule has 1 saturated heterocycles. The van der Waals surface area contributed by atoms with E-state index in [0.29, 0.717) is 10.0 Å². The fourth-order valence-electron chi connectivity index (χ4n) is 4.41. The predicted molar refractivity (Wildman–Crippen MR) is 141 cm³/mol. The van der Waals surface area contributed by atoms with Gasteiger partial charge in [-0.3, -0.25) is 0 Å². The van der Waals surface area contributed by atoms with Gasteiger partial charge in [-0.05, 0) is 82.2 Å². The van der Waals surface area contributed by atoms with Crippen molar-refractivity contribution in [2.75, 3.05) is 11.5 Å². The first-order valence-corrected chi connectivity index (χ1v) is 13.3. The summed E-state index contributed by atoms with van der Waals surface area (Å²) in [6, 6.07) is 25.7. The minimum Gasteiger partial charge on any atom is -0.378 e. The van der Waals surface area contributed by atoms with Crippen LogP contribution in [-0.4, -0.2) is 20.7 Å². The van der Waals surface area contributed by atoms with Crippen LogP contribution in [0, 0.1) is 0 Å². The van der Waals surface area contributed by atoms with Crippen LogP contribution in [0.15, 0.2) is 90.5 Å². The van der Waals surface area contributed by atoms with Gasteiger partial charge in [0.15, 0.2) is 0 Å². The van der Waals surface area contributed by atoms with Gasteiger partial charge in [0.1, 0.15) is 9.68 Å². The monoisotopic (exact) mass is 496 g/mol. The number of thioether (sulfide) groups is 2. The van der Waals surface area contributed by atoms with Gasteiger partial charge in [-0.15, -0.1) is 23.5 Å². The highest BCUT2D eigenvalue weighted by Crippen LogP contribution is 2.64. The van der Waals surface area contributed by atoms with Gasteiger partial charge in [-0.2, -0.15) is 0 Å². The lowest BCUT2D eigenvalue weighted by Gasteiger charge is -2.44. The van der Waals surface area contributed by atoms with Crippen LogP contribution in [0.4, 0.5) is 0 Å². The van der Waals surface area contributed by atoms with Crippen molar-refractivity contribution in [2.45, 2.75) is 16.1 Å². The molecule has 1 spiro atoms. The maximum atomic E-state index is 12.7. The lowest BCUT2D eigenvalue weighted by molar-refractivity contribution is 0.0870.